The van der Waals surface area contributed by atoms with E-state index in [4.69, 9.17) is 11.6 Å². The van der Waals surface area contributed by atoms with Crippen molar-refractivity contribution >= 4 is 70.8 Å². The van der Waals surface area contributed by atoms with Gasteiger partial charge in [-0.1, -0.05) is 133 Å². The van der Waals surface area contributed by atoms with Crippen LogP contribution in [0.25, 0.3) is 115 Å². The van der Waals surface area contributed by atoms with Crippen LogP contribution in [0.1, 0.15) is 0 Å². The number of aromatic nitrogens is 3. The summed E-state index contributed by atoms with van der Waals surface area (Å²) < 4.78 is 4.59. The molecule has 0 saturated carbocycles. The minimum absolute atomic E-state index is 0.666. The Morgan fingerprint density at radius 2 is 0.948 bits per heavy atom. The lowest BCUT2D eigenvalue weighted by atomic mass is 9.88. The van der Waals surface area contributed by atoms with Crippen molar-refractivity contribution in [3.63, 3.8) is 0 Å². The molecule has 12 rings (SSSR count). The second kappa shape index (κ2) is 12.5. The molecule has 4 heteroatoms. The minimum atomic E-state index is 0.666. The Morgan fingerprint density at radius 3 is 1.72 bits per heavy atom. The molecule has 0 bridgehead atoms. The standard InChI is InChI=1S/C54H32N4/c1-55-47-31-33-51-53-46(47)29-28-45-44(43-27-26-42(40-17-7-8-18-41(40)43)39-19-11-13-34-12-5-6-16-38(34)39)30-32-50(52(45)53)57(51)37-24-22-35(23-25-37)54-56-48-20-9-10-21-49(48)58(54)36-14-3-2-4-15-36/h2-33H. The van der Waals surface area contributed by atoms with Gasteiger partial charge in [-0.3, -0.25) is 4.57 Å². The van der Waals surface area contributed by atoms with Gasteiger partial charge >= 0.3 is 0 Å². The molecule has 12 aromatic rings. The van der Waals surface area contributed by atoms with E-state index in [9.17, 15) is 0 Å². The number of hydrogen-bond donors (Lipinski definition) is 0. The van der Waals surface area contributed by atoms with Gasteiger partial charge in [0.25, 0.3) is 0 Å². The van der Waals surface area contributed by atoms with Crippen molar-refractivity contribution in [2.75, 3.05) is 0 Å². The summed E-state index contributed by atoms with van der Waals surface area (Å²) in [6.07, 6.45) is 0. The zero-order valence-corrected chi connectivity index (χ0v) is 31.3. The van der Waals surface area contributed by atoms with Crippen molar-refractivity contribution in [1.29, 1.82) is 0 Å². The van der Waals surface area contributed by atoms with Crippen LogP contribution in [0, 0.1) is 6.57 Å². The number of nitrogens with zero attached hydrogens (tertiary/aromatic N) is 4. The number of imidazole rings is 1. The third-order valence-corrected chi connectivity index (χ3v) is 11.9. The van der Waals surface area contributed by atoms with Crippen LogP contribution in [0.3, 0.4) is 0 Å². The van der Waals surface area contributed by atoms with E-state index in [0.717, 1.165) is 55.6 Å². The van der Waals surface area contributed by atoms with E-state index in [1.165, 1.54) is 54.6 Å². The quantitative estimate of drug-likeness (QED) is 0.128. The van der Waals surface area contributed by atoms with Gasteiger partial charge in [-0.05, 0) is 115 Å². The molecule has 0 aliphatic rings. The Morgan fingerprint density at radius 1 is 0.379 bits per heavy atom. The molecule has 2 heterocycles. The highest BCUT2D eigenvalue weighted by Crippen LogP contribution is 2.47. The van der Waals surface area contributed by atoms with E-state index in [-0.39, 0.29) is 0 Å². The van der Waals surface area contributed by atoms with E-state index in [1.807, 2.05) is 18.2 Å². The molecule has 0 aliphatic heterocycles. The molecule has 2 aromatic heterocycles. The molecule has 268 valence electrons. The maximum absolute atomic E-state index is 8.07. The summed E-state index contributed by atoms with van der Waals surface area (Å²) in [7, 11) is 0. The first-order valence-corrected chi connectivity index (χ1v) is 19.6. The average Bonchev–Trinajstić information content (AvgIpc) is 3.85. The lowest BCUT2D eigenvalue weighted by molar-refractivity contribution is 1.10. The fraction of sp³-hybridized carbons (Fsp3) is 0. The van der Waals surface area contributed by atoms with E-state index in [0.29, 0.717) is 5.69 Å². The van der Waals surface area contributed by atoms with E-state index >= 15 is 0 Å². The highest BCUT2D eigenvalue weighted by atomic mass is 15.1. The Hall–Kier alpha value is -8.00. The Balaban J connectivity index is 1.05. The van der Waals surface area contributed by atoms with Crippen LogP contribution in [0.2, 0.25) is 0 Å². The number of para-hydroxylation sites is 3. The van der Waals surface area contributed by atoms with Gasteiger partial charge in [-0.15, -0.1) is 0 Å². The van der Waals surface area contributed by atoms with Crippen LogP contribution in [0.15, 0.2) is 194 Å². The van der Waals surface area contributed by atoms with Gasteiger partial charge in [0, 0.05) is 27.7 Å². The van der Waals surface area contributed by atoms with Gasteiger partial charge in [0.05, 0.1) is 28.6 Å². The van der Waals surface area contributed by atoms with Gasteiger partial charge in [-0.2, -0.15) is 0 Å². The summed E-state index contributed by atoms with van der Waals surface area (Å²) in [5, 5.41) is 9.37. The molecule has 0 spiro atoms. The summed E-state index contributed by atoms with van der Waals surface area (Å²) in [5.74, 6) is 0.901. The lowest BCUT2D eigenvalue weighted by Crippen LogP contribution is -1.98. The highest BCUT2D eigenvalue weighted by Gasteiger charge is 2.22. The maximum atomic E-state index is 8.07. The second-order valence-electron chi connectivity index (χ2n) is 15.0. The first kappa shape index (κ1) is 32.3. The fourth-order valence-electron chi connectivity index (χ4n) is 9.40. The van der Waals surface area contributed by atoms with Crippen molar-refractivity contribution < 1.29 is 0 Å². The molecule has 4 nitrogen and oxygen atoms in total. The van der Waals surface area contributed by atoms with Gasteiger partial charge in [0.2, 0.25) is 0 Å². The number of hydrogen-bond acceptors (Lipinski definition) is 1. The molecule has 58 heavy (non-hydrogen) atoms. The monoisotopic (exact) mass is 736 g/mol. The van der Waals surface area contributed by atoms with Crippen molar-refractivity contribution in [2.24, 2.45) is 0 Å². The second-order valence-corrected chi connectivity index (χ2v) is 15.0. The van der Waals surface area contributed by atoms with Gasteiger partial charge in [-0.25, -0.2) is 9.83 Å². The molecular weight excluding hydrogens is 705 g/mol. The fourth-order valence-corrected chi connectivity index (χ4v) is 9.40. The SMILES string of the molecule is [C-]#[N+]c1ccc2c3c1ccc1c(-c4ccc(-c5cccc6ccccc56)c5ccccc45)ccc(c13)n2-c1ccc(-c2nc3ccccc3n2-c2ccccc2)cc1. The number of fused-ring (bicyclic) bond motifs is 3. The zero-order chi connectivity index (χ0) is 38.3. The van der Waals surface area contributed by atoms with Crippen LogP contribution in [-0.2, 0) is 0 Å². The predicted octanol–water partition coefficient (Wildman–Crippen LogP) is 14.6. The Kier molecular flexibility index (Phi) is 6.96. The van der Waals surface area contributed by atoms with Gasteiger partial charge in [0.15, 0.2) is 5.69 Å². The summed E-state index contributed by atoms with van der Waals surface area (Å²) in [5.41, 5.74) is 12.9. The maximum Gasteiger partial charge on any atom is 0.195 e. The van der Waals surface area contributed by atoms with Crippen molar-refractivity contribution in [1.82, 2.24) is 14.1 Å². The Bertz CT molecular complexity index is 3620. The smallest absolute Gasteiger partial charge is 0.195 e. The first-order chi connectivity index (χ1) is 28.7. The predicted molar refractivity (Wildman–Crippen MR) is 242 cm³/mol. The largest absolute Gasteiger partial charge is 0.309 e. The summed E-state index contributed by atoms with van der Waals surface area (Å²) in [6, 6.07) is 69.1. The minimum Gasteiger partial charge on any atom is -0.309 e. The van der Waals surface area contributed by atoms with Crippen molar-refractivity contribution in [2.45, 2.75) is 0 Å². The molecule has 10 aromatic carbocycles. The molecule has 0 fully saturated rings. The molecule has 0 radical (unpaired) electrons. The Labute approximate surface area is 334 Å². The molecule has 0 saturated heterocycles. The molecule has 0 N–H and O–H groups in total. The summed E-state index contributed by atoms with van der Waals surface area (Å²) in [4.78, 5) is 9.09. The van der Waals surface area contributed by atoms with E-state index in [2.05, 4.69) is 190 Å². The number of rotatable bonds is 5. The van der Waals surface area contributed by atoms with E-state index < -0.39 is 0 Å². The normalized spacial score (nSPS) is 11.8. The highest BCUT2D eigenvalue weighted by molar-refractivity contribution is 6.29. The van der Waals surface area contributed by atoms with Crippen LogP contribution in [0.5, 0.6) is 0 Å². The third-order valence-electron chi connectivity index (χ3n) is 11.9. The summed E-state index contributed by atoms with van der Waals surface area (Å²) >= 11 is 0. The van der Waals surface area contributed by atoms with Crippen LogP contribution in [-0.4, -0.2) is 14.1 Å². The molecular formula is C54H32N4. The van der Waals surface area contributed by atoms with Gasteiger partial charge in [0.1, 0.15) is 5.82 Å². The third kappa shape index (κ3) is 4.65. The van der Waals surface area contributed by atoms with Crippen LogP contribution >= 0.6 is 0 Å². The molecule has 0 unspecified atom stereocenters. The molecule has 0 amide bonds. The number of benzene rings is 10. The zero-order valence-electron chi connectivity index (χ0n) is 31.3. The topological polar surface area (TPSA) is 27.1 Å². The van der Waals surface area contributed by atoms with Crippen molar-refractivity contribution in [3.05, 3.63) is 206 Å². The molecule has 0 aliphatic carbocycles. The molecule has 0 atom stereocenters. The van der Waals surface area contributed by atoms with Gasteiger partial charge < -0.3 is 4.57 Å². The van der Waals surface area contributed by atoms with Crippen LogP contribution in [0.4, 0.5) is 5.69 Å². The van der Waals surface area contributed by atoms with Crippen LogP contribution < -0.4 is 0 Å². The van der Waals surface area contributed by atoms with E-state index in [1.54, 1.807) is 0 Å². The van der Waals surface area contributed by atoms with Crippen molar-refractivity contribution in [3.8, 4) is 45.0 Å². The first-order valence-electron chi connectivity index (χ1n) is 19.6. The average molecular weight is 737 g/mol. The summed E-state index contributed by atoms with van der Waals surface area (Å²) in [6.45, 7) is 8.07. The lowest BCUT2D eigenvalue weighted by Gasteiger charge is -2.16.